The first kappa shape index (κ1) is 14.0. The van der Waals surface area contributed by atoms with E-state index in [1.807, 2.05) is 6.92 Å². The lowest BCUT2D eigenvalue weighted by atomic mass is 10.1. The fourth-order valence-electron chi connectivity index (χ4n) is 1.60. The summed E-state index contributed by atoms with van der Waals surface area (Å²) < 4.78 is 0. The Bertz CT molecular complexity index is 368. The van der Waals surface area contributed by atoms with Crippen LogP contribution >= 0.6 is 11.6 Å². The summed E-state index contributed by atoms with van der Waals surface area (Å²) in [6, 6.07) is 3.41. The second-order valence-electron chi connectivity index (χ2n) is 4.23. The lowest BCUT2D eigenvalue weighted by Gasteiger charge is -2.13. The molecule has 0 radical (unpaired) electrons. The summed E-state index contributed by atoms with van der Waals surface area (Å²) >= 11 is 5.81. The maximum atomic E-state index is 11.8. The van der Waals surface area contributed by atoms with E-state index in [4.69, 9.17) is 11.6 Å². The van der Waals surface area contributed by atoms with E-state index in [2.05, 4.69) is 17.2 Å². The molecule has 1 amide bonds. The Balaban J connectivity index is 2.43. The number of unbranched alkanes of at least 4 members (excludes halogenated alkanes) is 2. The van der Waals surface area contributed by atoms with Crippen LogP contribution in [0.2, 0.25) is 5.02 Å². The molecule has 1 aromatic rings. The molecule has 17 heavy (non-hydrogen) atoms. The highest BCUT2D eigenvalue weighted by molar-refractivity contribution is 6.30. The van der Waals surface area contributed by atoms with E-state index in [0.29, 0.717) is 10.7 Å². The van der Waals surface area contributed by atoms with Gasteiger partial charge in [-0.3, -0.25) is 9.78 Å². The first-order valence-corrected chi connectivity index (χ1v) is 6.43. The van der Waals surface area contributed by atoms with Crippen molar-refractivity contribution in [3.05, 3.63) is 29.0 Å². The number of carbonyl (C=O) groups is 1. The minimum Gasteiger partial charge on any atom is -0.348 e. The summed E-state index contributed by atoms with van der Waals surface area (Å²) in [5.74, 6) is -0.156. The second kappa shape index (κ2) is 7.28. The Labute approximate surface area is 108 Å². The first-order chi connectivity index (χ1) is 8.13. The zero-order chi connectivity index (χ0) is 12.7. The fraction of sp³-hybridized carbons (Fsp3) is 0.538. The molecule has 0 aliphatic rings. The smallest absolute Gasteiger partial charge is 0.270 e. The van der Waals surface area contributed by atoms with Gasteiger partial charge in [-0.25, -0.2) is 0 Å². The van der Waals surface area contributed by atoms with E-state index >= 15 is 0 Å². The predicted octanol–water partition coefficient (Wildman–Crippen LogP) is 3.43. The van der Waals surface area contributed by atoms with Crippen LogP contribution < -0.4 is 5.32 Å². The van der Waals surface area contributed by atoms with E-state index in [-0.39, 0.29) is 11.9 Å². The molecule has 94 valence electrons. The Morgan fingerprint density at radius 3 is 2.94 bits per heavy atom. The van der Waals surface area contributed by atoms with Crippen molar-refractivity contribution in [3.8, 4) is 0 Å². The largest absolute Gasteiger partial charge is 0.348 e. The molecule has 0 spiro atoms. The third-order valence-corrected chi connectivity index (χ3v) is 2.81. The quantitative estimate of drug-likeness (QED) is 0.791. The van der Waals surface area contributed by atoms with Crippen molar-refractivity contribution < 1.29 is 4.79 Å². The minimum atomic E-state index is -0.156. The van der Waals surface area contributed by atoms with Gasteiger partial charge in [-0.15, -0.1) is 0 Å². The van der Waals surface area contributed by atoms with Crippen LogP contribution in [0.3, 0.4) is 0 Å². The van der Waals surface area contributed by atoms with Crippen molar-refractivity contribution in [2.45, 2.75) is 45.6 Å². The average Bonchev–Trinajstić information content (AvgIpc) is 2.29. The molecule has 0 bridgehead atoms. The van der Waals surface area contributed by atoms with Gasteiger partial charge in [-0.1, -0.05) is 37.8 Å². The molecule has 1 aromatic heterocycles. The fourth-order valence-corrected chi connectivity index (χ4v) is 1.76. The van der Waals surface area contributed by atoms with Crippen LogP contribution in [0.15, 0.2) is 18.3 Å². The molecular weight excluding hydrogens is 236 g/mol. The van der Waals surface area contributed by atoms with Crippen molar-refractivity contribution in [2.24, 2.45) is 0 Å². The molecular formula is C13H19ClN2O. The van der Waals surface area contributed by atoms with E-state index in [1.165, 1.54) is 12.8 Å². The molecule has 1 rings (SSSR count). The number of rotatable bonds is 6. The third kappa shape index (κ3) is 5.18. The highest BCUT2D eigenvalue weighted by Crippen LogP contribution is 2.09. The monoisotopic (exact) mass is 254 g/mol. The van der Waals surface area contributed by atoms with Crippen LogP contribution in [0.1, 0.15) is 50.0 Å². The number of nitrogens with zero attached hydrogens (tertiary/aromatic N) is 1. The Morgan fingerprint density at radius 2 is 2.29 bits per heavy atom. The van der Waals surface area contributed by atoms with E-state index in [1.54, 1.807) is 18.3 Å². The normalized spacial score (nSPS) is 12.2. The van der Waals surface area contributed by atoms with Gasteiger partial charge < -0.3 is 5.32 Å². The van der Waals surface area contributed by atoms with E-state index in [0.717, 1.165) is 12.8 Å². The van der Waals surface area contributed by atoms with Crippen LogP contribution in [0, 0.1) is 0 Å². The summed E-state index contributed by atoms with van der Waals surface area (Å²) in [5.41, 5.74) is 0.375. The number of hydrogen-bond donors (Lipinski definition) is 1. The standard InChI is InChI=1S/C13H19ClN2O/c1-3-4-5-6-10(2)16-13(17)12-9-11(14)7-8-15-12/h7-10H,3-6H2,1-2H3,(H,16,17). The molecule has 1 atom stereocenters. The number of halogens is 1. The van der Waals surface area contributed by atoms with Gasteiger partial charge in [-0.05, 0) is 25.5 Å². The Hall–Kier alpha value is -1.09. The van der Waals surface area contributed by atoms with Crippen LogP contribution in [-0.2, 0) is 0 Å². The highest BCUT2D eigenvalue weighted by Gasteiger charge is 2.10. The average molecular weight is 255 g/mol. The zero-order valence-corrected chi connectivity index (χ0v) is 11.1. The summed E-state index contributed by atoms with van der Waals surface area (Å²) in [5, 5.41) is 3.45. The molecule has 0 saturated carbocycles. The van der Waals surface area contributed by atoms with Crippen molar-refractivity contribution >= 4 is 17.5 Å². The SMILES string of the molecule is CCCCCC(C)NC(=O)c1cc(Cl)ccn1. The lowest BCUT2D eigenvalue weighted by molar-refractivity contribution is 0.0933. The molecule has 0 aromatic carbocycles. The molecule has 0 fully saturated rings. The number of amides is 1. The molecule has 0 aliphatic carbocycles. The number of pyridine rings is 1. The van der Waals surface area contributed by atoms with Crippen molar-refractivity contribution in [1.82, 2.24) is 10.3 Å². The predicted molar refractivity (Wildman–Crippen MR) is 70.3 cm³/mol. The van der Waals surface area contributed by atoms with Crippen LogP contribution in [0.4, 0.5) is 0 Å². The Morgan fingerprint density at radius 1 is 1.53 bits per heavy atom. The van der Waals surface area contributed by atoms with E-state index in [9.17, 15) is 4.79 Å². The molecule has 0 aliphatic heterocycles. The number of carbonyl (C=O) groups excluding carboxylic acids is 1. The van der Waals surface area contributed by atoms with Gasteiger partial charge in [0.2, 0.25) is 0 Å². The number of nitrogens with one attached hydrogen (secondary N) is 1. The third-order valence-electron chi connectivity index (χ3n) is 2.57. The first-order valence-electron chi connectivity index (χ1n) is 6.06. The van der Waals surface area contributed by atoms with Gasteiger partial charge in [0.25, 0.3) is 5.91 Å². The topological polar surface area (TPSA) is 42.0 Å². The molecule has 1 heterocycles. The summed E-state index contributed by atoms with van der Waals surface area (Å²) in [6.45, 7) is 4.18. The molecule has 1 N–H and O–H groups in total. The molecule has 4 heteroatoms. The van der Waals surface area contributed by atoms with Crippen molar-refractivity contribution in [3.63, 3.8) is 0 Å². The summed E-state index contributed by atoms with van der Waals surface area (Å²) in [4.78, 5) is 15.8. The van der Waals surface area contributed by atoms with Crippen LogP contribution in [-0.4, -0.2) is 16.9 Å². The second-order valence-corrected chi connectivity index (χ2v) is 4.67. The zero-order valence-electron chi connectivity index (χ0n) is 10.4. The van der Waals surface area contributed by atoms with E-state index < -0.39 is 0 Å². The van der Waals surface area contributed by atoms with Gasteiger partial charge in [-0.2, -0.15) is 0 Å². The highest BCUT2D eigenvalue weighted by atomic mass is 35.5. The van der Waals surface area contributed by atoms with Crippen molar-refractivity contribution in [1.29, 1.82) is 0 Å². The van der Waals surface area contributed by atoms with Crippen LogP contribution in [0.5, 0.6) is 0 Å². The maximum absolute atomic E-state index is 11.8. The van der Waals surface area contributed by atoms with Gasteiger partial charge in [0, 0.05) is 17.3 Å². The van der Waals surface area contributed by atoms with Crippen molar-refractivity contribution in [2.75, 3.05) is 0 Å². The summed E-state index contributed by atoms with van der Waals surface area (Å²) in [7, 11) is 0. The number of aromatic nitrogens is 1. The van der Waals surface area contributed by atoms with Crippen LogP contribution in [0.25, 0.3) is 0 Å². The minimum absolute atomic E-state index is 0.156. The molecule has 0 saturated heterocycles. The summed E-state index contributed by atoms with van der Waals surface area (Å²) in [6.07, 6.45) is 6.08. The maximum Gasteiger partial charge on any atom is 0.270 e. The number of hydrogen-bond acceptors (Lipinski definition) is 2. The molecule has 3 nitrogen and oxygen atoms in total. The lowest BCUT2D eigenvalue weighted by Crippen LogP contribution is -2.33. The molecule has 1 unspecified atom stereocenters. The Kier molecular flexibility index (Phi) is 5.98. The van der Waals surface area contributed by atoms with Gasteiger partial charge >= 0.3 is 0 Å². The van der Waals surface area contributed by atoms with Gasteiger partial charge in [0.15, 0.2) is 0 Å². The van der Waals surface area contributed by atoms with Gasteiger partial charge in [0.1, 0.15) is 5.69 Å². The van der Waals surface area contributed by atoms with Gasteiger partial charge in [0.05, 0.1) is 0 Å².